The highest BCUT2D eigenvalue weighted by Gasteiger charge is 2.16. The summed E-state index contributed by atoms with van der Waals surface area (Å²) in [5, 5.41) is 7.09. The minimum absolute atomic E-state index is 0.0860. The maximum Gasteiger partial charge on any atom is 0.251 e. The predicted octanol–water partition coefficient (Wildman–Crippen LogP) is 3.48. The van der Waals surface area contributed by atoms with Gasteiger partial charge < -0.3 is 19.8 Å². The minimum Gasteiger partial charge on any atom is -0.464 e. The third-order valence-electron chi connectivity index (χ3n) is 4.30. The van der Waals surface area contributed by atoms with Gasteiger partial charge in [0, 0.05) is 30.6 Å². The summed E-state index contributed by atoms with van der Waals surface area (Å²) in [5.41, 5.74) is 2.26. The van der Waals surface area contributed by atoms with Crippen LogP contribution in [0.1, 0.15) is 23.2 Å². The molecule has 4 rings (SSSR count). The molecule has 0 radical (unpaired) electrons. The molecular weight excluding hydrogens is 318 g/mol. The Balaban J connectivity index is 1.41. The average Bonchev–Trinajstić information content (AvgIpc) is 3.32. The lowest BCUT2D eigenvalue weighted by Crippen LogP contribution is -2.31. The molecule has 1 unspecified atom stereocenters. The van der Waals surface area contributed by atoms with E-state index in [-0.39, 0.29) is 12.0 Å². The zero-order valence-electron chi connectivity index (χ0n) is 13.7. The quantitative estimate of drug-likeness (QED) is 0.745. The average molecular weight is 337 g/mol. The lowest BCUT2D eigenvalue weighted by Gasteiger charge is -2.11. The Kier molecular flexibility index (Phi) is 4.35. The Morgan fingerprint density at radius 3 is 2.88 bits per heavy atom. The van der Waals surface area contributed by atoms with Crippen molar-refractivity contribution in [3.8, 4) is 0 Å². The van der Waals surface area contributed by atoms with Crippen LogP contribution in [0.3, 0.4) is 0 Å². The van der Waals surface area contributed by atoms with Gasteiger partial charge in [0.1, 0.15) is 11.4 Å². The Hall–Kier alpha value is -2.86. The monoisotopic (exact) mass is 337 g/mol. The molecule has 0 saturated carbocycles. The van der Waals surface area contributed by atoms with Crippen LogP contribution in [0.5, 0.6) is 0 Å². The van der Waals surface area contributed by atoms with E-state index in [0.717, 1.165) is 41.9 Å². The maximum absolute atomic E-state index is 12.2. The first kappa shape index (κ1) is 15.7. The lowest BCUT2D eigenvalue weighted by atomic mass is 10.2. The van der Waals surface area contributed by atoms with Crippen molar-refractivity contribution < 1.29 is 13.9 Å². The summed E-state index contributed by atoms with van der Waals surface area (Å²) in [6.07, 6.45) is 5.56. The number of hydrogen-bond donors (Lipinski definition) is 2. The Labute approximate surface area is 145 Å². The summed E-state index contributed by atoms with van der Waals surface area (Å²) in [6, 6.07) is 11.0. The fraction of sp³-hybridized carbons (Fsp3) is 0.263. The van der Waals surface area contributed by atoms with Gasteiger partial charge in [0.2, 0.25) is 0 Å². The molecule has 1 aliphatic rings. The summed E-state index contributed by atoms with van der Waals surface area (Å²) in [5.74, 6) is 0.638. The van der Waals surface area contributed by atoms with Crippen LogP contribution < -0.4 is 10.6 Å². The highest BCUT2D eigenvalue weighted by atomic mass is 16.5. The number of ether oxygens (including phenoxy) is 1. The van der Waals surface area contributed by atoms with Crippen LogP contribution >= 0.6 is 0 Å². The summed E-state index contributed by atoms with van der Waals surface area (Å²) in [4.78, 5) is 16.5. The molecule has 1 atom stereocenters. The highest BCUT2D eigenvalue weighted by Crippen LogP contribution is 2.25. The molecule has 25 heavy (non-hydrogen) atoms. The van der Waals surface area contributed by atoms with Crippen LogP contribution in [0.15, 0.2) is 53.3 Å². The van der Waals surface area contributed by atoms with Gasteiger partial charge in [-0.3, -0.25) is 4.79 Å². The van der Waals surface area contributed by atoms with Crippen molar-refractivity contribution in [3.63, 3.8) is 0 Å². The van der Waals surface area contributed by atoms with Crippen molar-refractivity contribution in [2.24, 2.45) is 0 Å². The number of carbonyl (C=O) groups is 1. The Morgan fingerprint density at radius 1 is 1.20 bits per heavy atom. The summed E-state index contributed by atoms with van der Waals surface area (Å²) >= 11 is 0. The van der Waals surface area contributed by atoms with E-state index < -0.39 is 0 Å². The topological polar surface area (TPSA) is 76.4 Å². The van der Waals surface area contributed by atoms with Gasteiger partial charge in [0.25, 0.3) is 5.91 Å². The molecule has 0 bridgehead atoms. The van der Waals surface area contributed by atoms with E-state index in [9.17, 15) is 4.79 Å². The Morgan fingerprint density at radius 2 is 2.08 bits per heavy atom. The molecule has 0 spiro atoms. The molecule has 0 aliphatic carbocycles. The standard InChI is InChI=1S/C19H19N3O3/c23-19(21-12-15-2-1-10-24-15)13-3-5-14(6-4-13)22-18-16-8-11-25-17(16)7-9-20-18/h3-9,11,15H,1-2,10,12H2,(H,20,22)(H,21,23). The second kappa shape index (κ2) is 6.94. The first-order valence-corrected chi connectivity index (χ1v) is 8.39. The number of pyridine rings is 1. The molecule has 128 valence electrons. The predicted molar refractivity (Wildman–Crippen MR) is 95.0 cm³/mol. The fourth-order valence-corrected chi connectivity index (χ4v) is 2.95. The van der Waals surface area contributed by atoms with Gasteiger partial charge in [-0.1, -0.05) is 0 Å². The largest absolute Gasteiger partial charge is 0.464 e. The SMILES string of the molecule is O=C(NCC1CCCO1)c1ccc(Nc2nccc3occc23)cc1. The third kappa shape index (κ3) is 3.49. The van der Waals surface area contributed by atoms with Gasteiger partial charge in [0.05, 0.1) is 17.8 Å². The van der Waals surface area contributed by atoms with Crippen molar-refractivity contribution in [2.45, 2.75) is 18.9 Å². The number of rotatable bonds is 5. The lowest BCUT2D eigenvalue weighted by molar-refractivity contribution is 0.0858. The maximum atomic E-state index is 12.2. The van der Waals surface area contributed by atoms with E-state index in [4.69, 9.17) is 9.15 Å². The van der Waals surface area contributed by atoms with E-state index in [0.29, 0.717) is 12.1 Å². The number of furan rings is 1. The summed E-state index contributed by atoms with van der Waals surface area (Å²) in [6.45, 7) is 1.35. The summed E-state index contributed by atoms with van der Waals surface area (Å²) < 4.78 is 10.9. The minimum atomic E-state index is -0.0860. The number of amides is 1. The second-order valence-corrected chi connectivity index (χ2v) is 6.04. The van der Waals surface area contributed by atoms with Crippen LogP contribution in [0.4, 0.5) is 11.5 Å². The third-order valence-corrected chi connectivity index (χ3v) is 4.30. The number of nitrogens with zero attached hydrogens (tertiary/aromatic N) is 1. The van der Waals surface area contributed by atoms with E-state index in [1.165, 1.54) is 0 Å². The highest BCUT2D eigenvalue weighted by molar-refractivity contribution is 5.95. The zero-order valence-corrected chi connectivity index (χ0v) is 13.7. The van der Waals surface area contributed by atoms with E-state index in [1.54, 1.807) is 24.6 Å². The number of aromatic nitrogens is 1. The molecule has 1 aliphatic heterocycles. The number of anilines is 2. The molecule has 3 heterocycles. The fourth-order valence-electron chi connectivity index (χ4n) is 2.95. The number of nitrogens with one attached hydrogen (secondary N) is 2. The molecule has 2 aromatic heterocycles. The molecule has 1 saturated heterocycles. The van der Waals surface area contributed by atoms with Gasteiger partial charge in [-0.15, -0.1) is 0 Å². The number of carbonyl (C=O) groups excluding carboxylic acids is 1. The normalized spacial score (nSPS) is 16.9. The summed E-state index contributed by atoms with van der Waals surface area (Å²) in [7, 11) is 0. The first-order valence-electron chi connectivity index (χ1n) is 8.39. The van der Waals surface area contributed by atoms with Gasteiger partial charge in [-0.05, 0) is 49.2 Å². The molecule has 2 N–H and O–H groups in total. The number of benzene rings is 1. The number of fused-ring (bicyclic) bond motifs is 1. The molecular formula is C19H19N3O3. The van der Waals surface area contributed by atoms with E-state index >= 15 is 0 Å². The van der Waals surface area contributed by atoms with Crippen LogP contribution in [0.25, 0.3) is 11.0 Å². The molecule has 1 amide bonds. The van der Waals surface area contributed by atoms with Gasteiger partial charge in [-0.2, -0.15) is 0 Å². The smallest absolute Gasteiger partial charge is 0.251 e. The Bertz CT molecular complexity index is 867. The van der Waals surface area contributed by atoms with Crippen LogP contribution in [0, 0.1) is 0 Å². The van der Waals surface area contributed by atoms with Crippen LogP contribution in [-0.2, 0) is 4.74 Å². The zero-order chi connectivity index (χ0) is 17.1. The molecule has 6 nitrogen and oxygen atoms in total. The van der Waals surface area contributed by atoms with Crippen molar-refractivity contribution in [2.75, 3.05) is 18.5 Å². The molecule has 1 aromatic carbocycles. The molecule has 6 heteroatoms. The van der Waals surface area contributed by atoms with Crippen molar-refractivity contribution in [3.05, 3.63) is 54.4 Å². The van der Waals surface area contributed by atoms with Crippen molar-refractivity contribution in [1.82, 2.24) is 10.3 Å². The number of hydrogen-bond acceptors (Lipinski definition) is 5. The van der Waals surface area contributed by atoms with Gasteiger partial charge in [-0.25, -0.2) is 4.98 Å². The molecule has 3 aromatic rings. The molecule has 1 fully saturated rings. The van der Waals surface area contributed by atoms with Gasteiger partial charge in [0.15, 0.2) is 0 Å². The van der Waals surface area contributed by atoms with E-state index in [1.807, 2.05) is 24.3 Å². The van der Waals surface area contributed by atoms with Crippen LogP contribution in [0.2, 0.25) is 0 Å². The van der Waals surface area contributed by atoms with Gasteiger partial charge >= 0.3 is 0 Å². The van der Waals surface area contributed by atoms with Crippen LogP contribution in [-0.4, -0.2) is 30.1 Å². The second-order valence-electron chi connectivity index (χ2n) is 6.04. The van der Waals surface area contributed by atoms with Crippen molar-refractivity contribution in [1.29, 1.82) is 0 Å². The van der Waals surface area contributed by atoms with E-state index in [2.05, 4.69) is 15.6 Å². The first-order chi connectivity index (χ1) is 12.3. The van der Waals surface area contributed by atoms with Crippen molar-refractivity contribution >= 4 is 28.4 Å².